The number of benzene rings is 1. The highest BCUT2D eigenvalue weighted by Crippen LogP contribution is 2.27. The molecule has 0 saturated heterocycles. The van der Waals surface area contributed by atoms with Crippen molar-refractivity contribution in [2.75, 3.05) is 5.32 Å². The summed E-state index contributed by atoms with van der Waals surface area (Å²) in [5, 5.41) is 6.05. The molecule has 0 saturated carbocycles. The lowest BCUT2D eigenvalue weighted by molar-refractivity contribution is -0.115. The maximum Gasteiger partial charge on any atom is 0.239 e. The Morgan fingerprint density at radius 3 is 2.76 bits per heavy atom. The lowest BCUT2D eigenvalue weighted by Gasteiger charge is -2.09. The molecule has 0 radical (unpaired) electrons. The van der Waals surface area contributed by atoms with Crippen LogP contribution < -0.4 is 5.32 Å². The number of anilines is 1. The Hall–Kier alpha value is -2.12. The van der Waals surface area contributed by atoms with Gasteiger partial charge in [-0.25, -0.2) is 9.97 Å². The molecule has 0 aliphatic heterocycles. The van der Waals surface area contributed by atoms with Gasteiger partial charge in [-0.3, -0.25) is 4.79 Å². The van der Waals surface area contributed by atoms with E-state index in [4.69, 9.17) is 0 Å². The van der Waals surface area contributed by atoms with Crippen LogP contribution in [-0.2, 0) is 18.3 Å². The van der Waals surface area contributed by atoms with Gasteiger partial charge in [-0.05, 0) is 18.9 Å². The standard InChI is InChI=1S/C18H20N4OS2/c1-4-13-5-7-14(8-6-13)15-11-24-17(20-15)21-16(23)12(2)25-18-19-9-10-22(18)3/h5-12H,4H2,1-3H3,(H,20,21,23)/t12-/m0/s1. The lowest BCUT2D eigenvalue weighted by Crippen LogP contribution is -2.22. The molecular formula is C18H20N4OS2. The van der Waals surface area contributed by atoms with Crippen LogP contribution in [0.1, 0.15) is 19.4 Å². The first-order valence-electron chi connectivity index (χ1n) is 8.06. The normalized spacial score (nSPS) is 12.1. The Kier molecular flexibility index (Phi) is 5.55. The zero-order valence-electron chi connectivity index (χ0n) is 14.4. The quantitative estimate of drug-likeness (QED) is 0.658. The fraction of sp³-hybridized carbons (Fsp3) is 0.278. The van der Waals surface area contributed by atoms with E-state index in [-0.39, 0.29) is 11.2 Å². The number of aromatic nitrogens is 3. The summed E-state index contributed by atoms with van der Waals surface area (Å²) < 4.78 is 1.90. The van der Waals surface area contributed by atoms with Gasteiger partial charge in [-0.15, -0.1) is 11.3 Å². The summed E-state index contributed by atoms with van der Waals surface area (Å²) in [5.74, 6) is -0.0739. The highest BCUT2D eigenvalue weighted by atomic mass is 32.2. The number of amides is 1. The van der Waals surface area contributed by atoms with Gasteiger partial charge >= 0.3 is 0 Å². The summed E-state index contributed by atoms with van der Waals surface area (Å²) in [6, 6.07) is 8.36. The summed E-state index contributed by atoms with van der Waals surface area (Å²) in [4.78, 5) is 21.1. The average molecular weight is 373 g/mol. The van der Waals surface area contributed by atoms with Crippen molar-refractivity contribution in [2.24, 2.45) is 7.05 Å². The van der Waals surface area contributed by atoms with Crippen LogP contribution in [0.5, 0.6) is 0 Å². The van der Waals surface area contributed by atoms with E-state index in [1.54, 1.807) is 6.20 Å². The SMILES string of the molecule is CCc1ccc(-c2csc(NC(=O)[C@H](C)Sc3nccn3C)n2)cc1. The number of thiazole rings is 1. The number of imidazole rings is 1. The van der Waals surface area contributed by atoms with Crippen molar-refractivity contribution in [3.05, 3.63) is 47.6 Å². The van der Waals surface area contributed by atoms with E-state index in [0.29, 0.717) is 5.13 Å². The van der Waals surface area contributed by atoms with Crippen LogP contribution in [0.4, 0.5) is 5.13 Å². The van der Waals surface area contributed by atoms with Crippen LogP contribution in [0, 0.1) is 0 Å². The van der Waals surface area contributed by atoms with Crippen LogP contribution in [0.2, 0.25) is 0 Å². The second kappa shape index (κ2) is 7.84. The van der Waals surface area contributed by atoms with Gasteiger partial charge in [0.2, 0.25) is 5.91 Å². The van der Waals surface area contributed by atoms with Gasteiger partial charge in [-0.2, -0.15) is 0 Å². The molecule has 0 unspecified atom stereocenters. The topological polar surface area (TPSA) is 59.8 Å². The molecule has 3 aromatic rings. The second-order valence-corrected chi connectivity index (χ2v) is 7.82. The molecule has 5 nitrogen and oxygen atoms in total. The van der Waals surface area contributed by atoms with E-state index in [1.807, 2.05) is 30.1 Å². The van der Waals surface area contributed by atoms with Crippen molar-refractivity contribution < 1.29 is 4.79 Å². The van der Waals surface area contributed by atoms with Crippen LogP contribution >= 0.6 is 23.1 Å². The van der Waals surface area contributed by atoms with Crippen molar-refractivity contribution in [1.29, 1.82) is 0 Å². The van der Waals surface area contributed by atoms with Gasteiger partial charge in [0.05, 0.1) is 10.9 Å². The van der Waals surface area contributed by atoms with Crippen LogP contribution in [0.15, 0.2) is 47.2 Å². The molecule has 2 aromatic heterocycles. The highest BCUT2D eigenvalue weighted by molar-refractivity contribution is 8.00. The third kappa shape index (κ3) is 4.29. The Balaban J connectivity index is 1.64. The minimum atomic E-state index is -0.253. The first-order chi connectivity index (χ1) is 12.1. The van der Waals surface area contributed by atoms with Crippen LogP contribution in [-0.4, -0.2) is 25.7 Å². The summed E-state index contributed by atoms with van der Waals surface area (Å²) in [6.45, 7) is 4.00. The zero-order chi connectivity index (χ0) is 17.8. The maximum absolute atomic E-state index is 12.4. The number of nitrogens with zero attached hydrogens (tertiary/aromatic N) is 3. The van der Waals surface area contributed by atoms with Gasteiger partial charge < -0.3 is 9.88 Å². The predicted octanol–water partition coefficient (Wildman–Crippen LogP) is 4.23. The molecule has 7 heteroatoms. The summed E-state index contributed by atoms with van der Waals surface area (Å²) in [7, 11) is 1.91. The molecule has 0 aliphatic carbocycles. The minimum Gasteiger partial charge on any atom is -0.329 e. The van der Waals surface area contributed by atoms with E-state index in [2.05, 4.69) is 46.5 Å². The Bertz CT molecular complexity index is 854. The van der Waals surface area contributed by atoms with Crippen LogP contribution in [0.25, 0.3) is 11.3 Å². The molecule has 0 spiro atoms. The molecule has 1 aromatic carbocycles. The Morgan fingerprint density at radius 2 is 2.12 bits per heavy atom. The third-order valence-electron chi connectivity index (χ3n) is 3.82. The van der Waals surface area contributed by atoms with Crippen LogP contribution in [0.3, 0.4) is 0 Å². The number of hydrogen-bond acceptors (Lipinski definition) is 5. The number of nitrogens with one attached hydrogen (secondary N) is 1. The molecule has 3 rings (SSSR count). The van der Waals surface area contributed by atoms with Crippen molar-refractivity contribution in [1.82, 2.24) is 14.5 Å². The first kappa shape index (κ1) is 17.7. The maximum atomic E-state index is 12.4. The van der Waals surface area contributed by atoms with E-state index >= 15 is 0 Å². The first-order valence-corrected chi connectivity index (χ1v) is 9.82. The van der Waals surface area contributed by atoms with Gasteiger partial charge in [-0.1, -0.05) is 43.0 Å². The van der Waals surface area contributed by atoms with Crippen molar-refractivity contribution >= 4 is 34.1 Å². The zero-order valence-corrected chi connectivity index (χ0v) is 16.0. The number of rotatable bonds is 6. The molecule has 1 atom stereocenters. The molecule has 1 N–H and O–H groups in total. The molecule has 0 fully saturated rings. The number of aryl methyl sites for hydroxylation is 2. The van der Waals surface area contributed by atoms with E-state index in [1.165, 1.54) is 28.7 Å². The molecule has 2 heterocycles. The van der Waals surface area contributed by atoms with E-state index in [0.717, 1.165) is 22.8 Å². The smallest absolute Gasteiger partial charge is 0.239 e. The molecule has 0 aliphatic rings. The molecule has 1 amide bonds. The predicted molar refractivity (Wildman–Crippen MR) is 104 cm³/mol. The molecule has 0 bridgehead atoms. The number of carbonyl (C=O) groups excluding carboxylic acids is 1. The monoisotopic (exact) mass is 372 g/mol. The molecule has 130 valence electrons. The van der Waals surface area contributed by atoms with Gasteiger partial charge in [0.25, 0.3) is 0 Å². The number of carbonyl (C=O) groups is 1. The van der Waals surface area contributed by atoms with Crippen molar-refractivity contribution in [3.63, 3.8) is 0 Å². The summed E-state index contributed by atoms with van der Waals surface area (Å²) in [6.07, 6.45) is 4.61. The van der Waals surface area contributed by atoms with E-state index < -0.39 is 0 Å². The molecular weight excluding hydrogens is 352 g/mol. The fourth-order valence-corrected chi connectivity index (χ4v) is 3.81. The highest BCUT2D eigenvalue weighted by Gasteiger charge is 2.18. The largest absolute Gasteiger partial charge is 0.329 e. The van der Waals surface area contributed by atoms with E-state index in [9.17, 15) is 4.79 Å². The minimum absolute atomic E-state index is 0.0739. The summed E-state index contributed by atoms with van der Waals surface area (Å²) in [5.41, 5.74) is 3.24. The Morgan fingerprint density at radius 1 is 1.36 bits per heavy atom. The van der Waals surface area contributed by atoms with Gasteiger partial charge in [0.1, 0.15) is 0 Å². The number of thioether (sulfide) groups is 1. The van der Waals surface area contributed by atoms with Gasteiger partial charge in [0.15, 0.2) is 10.3 Å². The number of hydrogen-bond donors (Lipinski definition) is 1. The fourth-order valence-electron chi connectivity index (χ4n) is 2.26. The van der Waals surface area contributed by atoms with Gasteiger partial charge in [0, 0.05) is 30.4 Å². The average Bonchev–Trinajstić information content (AvgIpc) is 3.24. The Labute approximate surface area is 155 Å². The van der Waals surface area contributed by atoms with Crippen molar-refractivity contribution in [3.8, 4) is 11.3 Å². The van der Waals surface area contributed by atoms with Crippen molar-refractivity contribution in [2.45, 2.75) is 30.7 Å². The molecule has 25 heavy (non-hydrogen) atoms. The lowest BCUT2D eigenvalue weighted by atomic mass is 10.1. The third-order valence-corrected chi connectivity index (χ3v) is 5.75. The second-order valence-electron chi connectivity index (χ2n) is 5.66. The summed E-state index contributed by atoms with van der Waals surface area (Å²) >= 11 is 2.87.